The molecule has 5 heteroatoms. The van der Waals surface area contributed by atoms with E-state index in [-0.39, 0.29) is 5.91 Å². The van der Waals surface area contributed by atoms with Crippen molar-refractivity contribution in [2.45, 2.75) is 26.3 Å². The first-order valence-corrected chi connectivity index (χ1v) is 10.5. The summed E-state index contributed by atoms with van der Waals surface area (Å²) in [5, 5.41) is 1.22. The summed E-state index contributed by atoms with van der Waals surface area (Å²) in [6.45, 7) is 7.07. The number of H-pyrrole nitrogens is 1. The first-order valence-electron chi connectivity index (χ1n) is 10.5. The summed E-state index contributed by atoms with van der Waals surface area (Å²) in [5.41, 5.74) is 3.65. The maximum absolute atomic E-state index is 12.7. The molecule has 0 spiro atoms. The Morgan fingerprint density at radius 2 is 1.79 bits per heavy atom. The number of fused-ring (bicyclic) bond motifs is 1. The second kappa shape index (κ2) is 9.14. The Balaban J connectivity index is 1.24. The molecule has 0 radical (unpaired) electrons. The molecule has 2 aromatic carbocycles. The molecule has 1 aromatic heterocycles. The van der Waals surface area contributed by atoms with Crippen molar-refractivity contribution >= 4 is 16.8 Å². The Hall–Kier alpha value is -2.79. The number of nitrogens with zero attached hydrogens (tertiary/aromatic N) is 2. The number of aromatic amines is 1. The van der Waals surface area contributed by atoms with Crippen LogP contribution in [0.25, 0.3) is 10.9 Å². The lowest BCUT2D eigenvalue weighted by Crippen LogP contribution is -2.48. The molecule has 5 nitrogen and oxygen atoms in total. The van der Waals surface area contributed by atoms with Gasteiger partial charge in [0.25, 0.3) is 0 Å². The molecule has 152 valence electrons. The molecule has 1 amide bonds. The van der Waals surface area contributed by atoms with Crippen LogP contribution in [0.3, 0.4) is 0 Å². The zero-order valence-electron chi connectivity index (χ0n) is 17.1. The second-order valence-electron chi connectivity index (χ2n) is 7.59. The van der Waals surface area contributed by atoms with Crippen molar-refractivity contribution in [1.82, 2.24) is 14.8 Å². The number of piperazine rings is 1. The van der Waals surface area contributed by atoms with Gasteiger partial charge in [-0.05, 0) is 42.7 Å². The lowest BCUT2D eigenvalue weighted by molar-refractivity contribution is -0.132. The summed E-state index contributed by atoms with van der Waals surface area (Å²) in [6, 6.07) is 16.6. The molecular weight excluding hydrogens is 362 g/mol. The van der Waals surface area contributed by atoms with E-state index in [2.05, 4.69) is 34.1 Å². The standard InChI is InChI=1S/C24H29N3O2/c1-2-29-21-10-7-19(8-11-21)18-26-13-15-27(16-14-26)24(28)12-9-20-17-25-23-6-4-3-5-22(20)23/h3-8,10-11,17,25H,2,9,12-16,18H2,1H3. The summed E-state index contributed by atoms with van der Waals surface area (Å²) in [7, 11) is 0. The van der Waals surface area contributed by atoms with Gasteiger partial charge in [-0.3, -0.25) is 9.69 Å². The molecule has 1 saturated heterocycles. The number of nitrogens with one attached hydrogen (secondary N) is 1. The van der Waals surface area contributed by atoms with Crippen LogP contribution in [0.4, 0.5) is 0 Å². The zero-order chi connectivity index (χ0) is 20.1. The van der Waals surface area contributed by atoms with E-state index in [1.54, 1.807) is 0 Å². The largest absolute Gasteiger partial charge is 0.494 e. The van der Waals surface area contributed by atoms with Crippen LogP contribution >= 0.6 is 0 Å². The Labute approximate surface area is 172 Å². The summed E-state index contributed by atoms with van der Waals surface area (Å²) in [4.78, 5) is 20.4. The van der Waals surface area contributed by atoms with Crippen LogP contribution in [0.5, 0.6) is 5.75 Å². The summed E-state index contributed by atoms with van der Waals surface area (Å²) in [5.74, 6) is 1.18. The second-order valence-corrected chi connectivity index (χ2v) is 7.59. The summed E-state index contributed by atoms with van der Waals surface area (Å²) < 4.78 is 5.50. The highest BCUT2D eigenvalue weighted by Crippen LogP contribution is 2.20. The maximum Gasteiger partial charge on any atom is 0.222 e. The maximum atomic E-state index is 12.7. The normalized spacial score (nSPS) is 15.0. The summed E-state index contributed by atoms with van der Waals surface area (Å²) >= 11 is 0. The van der Waals surface area contributed by atoms with Crippen LogP contribution in [0.15, 0.2) is 54.7 Å². The molecule has 0 bridgehead atoms. The fraction of sp³-hybridized carbons (Fsp3) is 0.375. The Morgan fingerprint density at radius 3 is 2.55 bits per heavy atom. The number of carbonyl (C=O) groups excluding carboxylic acids is 1. The van der Waals surface area contributed by atoms with Gasteiger partial charge in [-0.2, -0.15) is 0 Å². The highest BCUT2D eigenvalue weighted by molar-refractivity contribution is 5.84. The van der Waals surface area contributed by atoms with Crippen LogP contribution in [0.1, 0.15) is 24.5 Å². The van der Waals surface area contributed by atoms with Crippen molar-refractivity contribution in [1.29, 1.82) is 0 Å². The molecule has 1 aliphatic heterocycles. The minimum Gasteiger partial charge on any atom is -0.494 e. The fourth-order valence-corrected chi connectivity index (χ4v) is 4.01. The van der Waals surface area contributed by atoms with Crippen LogP contribution in [-0.4, -0.2) is 53.5 Å². The predicted octanol–water partition coefficient (Wildman–Crippen LogP) is 3.84. The van der Waals surface area contributed by atoms with Crippen molar-refractivity contribution < 1.29 is 9.53 Å². The van der Waals surface area contributed by atoms with Gasteiger partial charge >= 0.3 is 0 Å². The van der Waals surface area contributed by atoms with Crippen LogP contribution < -0.4 is 4.74 Å². The lowest BCUT2D eigenvalue weighted by Gasteiger charge is -2.34. The first-order chi connectivity index (χ1) is 14.2. The van der Waals surface area contributed by atoms with Gasteiger partial charge in [0, 0.05) is 56.2 Å². The van der Waals surface area contributed by atoms with E-state index >= 15 is 0 Å². The first kappa shape index (κ1) is 19.5. The number of para-hydroxylation sites is 1. The van der Waals surface area contributed by atoms with Gasteiger partial charge in [-0.15, -0.1) is 0 Å². The Morgan fingerprint density at radius 1 is 1.03 bits per heavy atom. The summed E-state index contributed by atoms with van der Waals surface area (Å²) in [6.07, 6.45) is 3.39. The quantitative estimate of drug-likeness (QED) is 0.666. The van der Waals surface area contributed by atoms with Crippen molar-refractivity contribution in [2.75, 3.05) is 32.8 Å². The van der Waals surface area contributed by atoms with Gasteiger partial charge < -0.3 is 14.6 Å². The van der Waals surface area contributed by atoms with Gasteiger partial charge in [0.1, 0.15) is 5.75 Å². The van der Waals surface area contributed by atoms with Crippen molar-refractivity contribution in [2.24, 2.45) is 0 Å². The van der Waals surface area contributed by atoms with Gasteiger partial charge in [-0.25, -0.2) is 0 Å². The molecule has 1 fully saturated rings. The van der Waals surface area contributed by atoms with E-state index in [4.69, 9.17) is 4.74 Å². The number of aryl methyl sites for hydroxylation is 1. The molecule has 3 aromatic rings. The number of amides is 1. The molecular formula is C24H29N3O2. The fourth-order valence-electron chi connectivity index (χ4n) is 4.01. The van der Waals surface area contributed by atoms with Crippen LogP contribution in [0.2, 0.25) is 0 Å². The molecule has 1 aliphatic rings. The lowest BCUT2D eigenvalue weighted by atomic mass is 10.1. The third kappa shape index (κ3) is 4.80. The average molecular weight is 392 g/mol. The van der Waals surface area contributed by atoms with E-state index in [9.17, 15) is 4.79 Å². The molecule has 29 heavy (non-hydrogen) atoms. The molecule has 0 unspecified atom stereocenters. The van der Waals surface area contributed by atoms with E-state index < -0.39 is 0 Å². The average Bonchev–Trinajstić information content (AvgIpc) is 3.17. The molecule has 2 heterocycles. The number of aromatic nitrogens is 1. The number of hydrogen-bond donors (Lipinski definition) is 1. The van der Waals surface area contributed by atoms with Crippen LogP contribution in [-0.2, 0) is 17.8 Å². The number of rotatable bonds is 7. The third-order valence-corrected chi connectivity index (χ3v) is 5.65. The molecule has 1 N–H and O–H groups in total. The highest BCUT2D eigenvalue weighted by atomic mass is 16.5. The SMILES string of the molecule is CCOc1ccc(CN2CCN(C(=O)CCc3c[nH]c4ccccc34)CC2)cc1. The smallest absolute Gasteiger partial charge is 0.222 e. The third-order valence-electron chi connectivity index (χ3n) is 5.65. The van der Waals surface area contributed by atoms with Gasteiger partial charge in [0.2, 0.25) is 5.91 Å². The van der Waals surface area contributed by atoms with Gasteiger partial charge in [-0.1, -0.05) is 30.3 Å². The minimum absolute atomic E-state index is 0.260. The number of carbonyl (C=O) groups is 1. The van der Waals surface area contributed by atoms with Gasteiger partial charge in [0.05, 0.1) is 6.61 Å². The molecule has 0 saturated carbocycles. The minimum atomic E-state index is 0.260. The van der Waals surface area contributed by atoms with E-state index in [1.807, 2.05) is 42.3 Å². The van der Waals surface area contributed by atoms with E-state index in [0.29, 0.717) is 13.0 Å². The highest BCUT2D eigenvalue weighted by Gasteiger charge is 2.21. The van der Waals surface area contributed by atoms with E-state index in [0.717, 1.165) is 50.4 Å². The monoisotopic (exact) mass is 391 g/mol. The van der Waals surface area contributed by atoms with Crippen LogP contribution in [0, 0.1) is 0 Å². The number of hydrogen-bond acceptors (Lipinski definition) is 3. The topological polar surface area (TPSA) is 48.6 Å². The van der Waals surface area contributed by atoms with Gasteiger partial charge in [0.15, 0.2) is 0 Å². The molecule has 0 aliphatic carbocycles. The Bertz CT molecular complexity index is 940. The number of ether oxygens (including phenoxy) is 1. The van der Waals surface area contributed by atoms with E-state index in [1.165, 1.54) is 16.5 Å². The predicted molar refractivity (Wildman–Crippen MR) is 116 cm³/mol. The number of benzene rings is 2. The molecule has 4 rings (SSSR count). The zero-order valence-corrected chi connectivity index (χ0v) is 17.1. The van der Waals surface area contributed by atoms with Crippen molar-refractivity contribution in [3.63, 3.8) is 0 Å². The van der Waals surface area contributed by atoms with Crippen molar-refractivity contribution in [3.8, 4) is 5.75 Å². The van der Waals surface area contributed by atoms with Crippen molar-refractivity contribution in [3.05, 3.63) is 65.9 Å². The molecule has 0 atom stereocenters. The Kier molecular flexibility index (Phi) is 6.15.